The summed E-state index contributed by atoms with van der Waals surface area (Å²) in [6, 6.07) is 7.18. The van der Waals surface area contributed by atoms with Crippen LogP contribution in [0.5, 0.6) is 0 Å². The molecule has 0 aliphatic heterocycles. The molecular weight excluding hydrogens is 188 g/mol. The number of hydrogen-bond acceptors (Lipinski definition) is 2. The first-order valence-electron chi connectivity index (χ1n) is 4.31. The second-order valence-electron chi connectivity index (χ2n) is 2.98. The van der Waals surface area contributed by atoms with E-state index < -0.39 is 0 Å². The Hall–Kier alpha value is -2.52. The van der Waals surface area contributed by atoms with E-state index in [9.17, 15) is 4.79 Å². The van der Waals surface area contributed by atoms with Crippen LogP contribution in [0.15, 0.2) is 24.4 Å². The van der Waals surface area contributed by atoms with Gasteiger partial charge in [0.2, 0.25) is 0 Å². The molecule has 0 unspecified atom stereocenters. The van der Waals surface area contributed by atoms with Crippen molar-refractivity contribution in [1.29, 1.82) is 5.26 Å². The van der Waals surface area contributed by atoms with Crippen molar-refractivity contribution in [1.82, 2.24) is 4.98 Å². The van der Waals surface area contributed by atoms with E-state index in [1.54, 1.807) is 24.4 Å². The lowest BCUT2D eigenvalue weighted by Crippen LogP contribution is -1.77. The minimum Gasteiger partial charge on any atom is -0.360 e. The van der Waals surface area contributed by atoms with Crippen LogP contribution in [0.2, 0.25) is 0 Å². The Balaban J connectivity index is 2.63. The molecular formula is C12H6N2O. The first-order valence-corrected chi connectivity index (χ1v) is 4.31. The molecule has 1 heterocycles. The molecule has 1 aromatic heterocycles. The summed E-state index contributed by atoms with van der Waals surface area (Å²) in [4.78, 5) is 13.7. The van der Waals surface area contributed by atoms with Crippen LogP contribution in [0.4, 0.5) is 0 Å². The fourth-order valence-corrected chi connectivity index (χ4v) is 1.42. The average molecular weight is 194 g/mol. The third-order valence-electron chi connectivity index (χ3n) is 2.10. The summed E-state index contributed by atoms with van der Waals surface area (Å²) in [7, 11) is 0. The van der Waals surface area contributed by atoms with Crippen LogP contribution in [0, 0.1) is 23.2 Å². The lowest BCUT2D eigenvalue weighted by Gasteiger charge is -1.92. The van der Waals surface area contributed by atoms with Crippen LogP contribution in [0.1, 0.15) is 15.9 Å². The Morgan fingerprint density at radius 2 is 2.27 bits per heavy atom. The van der Waals surface area contributed by atoms with Crippen LogP contribution < -0.4 is 0 Å². The molecule has 0 saturated carbocycles. The molecule has 3 nitrogen and oxygen atoms in total. The molecule has 0 amide bonds. The minimum absolute atomic E-state index is 0.602. The molecule has 2 rings (SSSR count). The smallest absolute Gasteiger partial charge is 0.152 e. The Morgan fingerprint density at radius 3 is 3.00 bits per heavy atom. The van der Waals surface area contributed by atoms with E-state index in [1.807, 2.05) is 6.07 Å². The van der Waals surface area contributed by atoms with Gasteiger partial charge < -0.3 is 4.98 Å². The van der Waals surface area contributed by atoms with Gasteiger partial charge in [0.1, 0.15) is 0 Å². The summed E-state index contributed by atoms with van der Waals surface area (Å²) < 4.78 is 0. The van der Waals surface area contributed by atoms with Crippen LogP contribution >= 0.6 is 0 Å². The summed E-state index contributed by atoms with van der Waals surface area (Å²) in [6.45, 7) is 0. The second kappa shape index (κ2) is 3.69. The fourth-order valence-electron chi connectivity index (χ4n) is 1.42. The number of nitrogens with zero attached hydrogens (tertiary/aromatic N) is 1. The molecule has 0 saturated heterocycles. The van der Waals surface area contributed by atoms with E-state index in [0.717, 1.165) is 22.8 Å². The van der Waals surface area contributed by atoms with Gasteiger partial charge in [0.05, 0.1) is 0 Å². The van der Waals surface area contributed by atoms with Gasteiger partial charge in [0.15, 0.2) is 12.4 Å². The summed E-state index contributed by atoms with van der Waals surface area (Å²) in [5.41, 5.74) is 2.22. The van der Waals surface area contributed by atoms with Gasteiger partial charge >= 0.3 is 0 Å². The number of fused-ring (bicyclic) bond motifs is 1. The summed E-state index contributed by atoms with van der Waals surface area (Å²) in [5.74, 6) is 5.00. The van der Waals surface area contributed by atoms with Crippen LogP contribution in [0.25, 0.3) is 10.9 Å². The van der Waals surface area contributed by atoms with Crippen molar-refractivity contribution in [2.45, 2.75) is 0 Å². The van der Waals surface area contributed by atoms with E-state index in [4.69, 9.17) is 5.26 Å². The quantitative estimate of drug-likeness (QED) is 0.556. The molecule has 0 atom stereocenters. The second-order valence-corrected chi connectivity index (χ2v) is 2.98. The van der Waals surface area contributed by atoms with E-state index in [2.05, 4.69) is 16.8 Å². The number of rotatable bonds is 1. The molecule has 0 aliphatic rings. The molecule has 2 aromatic rings. The largest absolute Gasteiger partial charge is 0.360 e. The third-order valence-corrected chi connectivity index (χ3v) is 2.10. The van der Waals surface area contributed by atoms with E-state index in [-0.39, 0.29) is 0 Å². The maximum atomic E-state index is 10.7. The molecule has 1 aromatic carbocycles. The van der Waals surface area contributed by atoms with E-state index >= 15 is 0 Å². The van der Waals surface area contributed by atoms with Crippen LogP contribution in [0.3, 0.4) is 0 Å². The standard InChI is InChI=1S/C12H6N2O/c13-5-1-2-9-3-4-12-11(6-9)10(8-15)7-14-12/h3-4,6-8,14H. The number of hydrogen-bond donors (Lipinski definition) is 1. The monoisotopic (exact) mass is 194 g/mol. The molecule has 15 heavy (non-hydrogen) atoms. The van der Waals surface area contributed by atoms with Crippen LogP contribution in [-0.2, 0) is 0 Å². The SMILES string of the molecule is N#CC#Cc1ccc2[nH]cc(C=O)c2c1. The highest BCUT2D eigenvalue weighted by molar-refractivity contribution is 5.97. The number of nitriles is 1. The Bertz CT molecular complexity index is 620. The fraction of sp³-hybridized carbons (Fsp3) is 0. The third kappa shape index (κ3) is 1.59. The number of benzene rings is 1. The molecule has 3 heteroatoms. The lowest BCUT2D eigenvalue weighted by atomic mass is 10.1. The molecule has 1 N–H and O–H groups in total. The van der Waals surface area contributed by atoms with Gasteiger partial charge in [0.25, 0.3) is 0 Å². The zero-order valence-corrected chi connectivity index (χ0v) is 7.74. The van der Waals surface area contributed by atoms with E-state index in [1.165, 1.54) is 0 Å². The van der Waals surface area contributed by atoms with Gasteiger partial charge in [-0.25, -0.2) is 0 Å². The number of aldehydes is 1. The Morgan fingerprint density at radius 1 is 1.40 bits per heavy atom. The highest BCUT2D eigenvalue weighted by Gasteiger charge is 2.02. The van der Waals surface area contributed by atoms with Gasteiger partial charge in [-0.05, 0) is 18.2 Å². The lowest BCUT2D eigenvalue weighted by molar-refractivity contribution is 0.112. The zero-order chi connectivity index (χ0) is 10.7. The van der Waals surface area contributed by atoms with Gasteiger partial charge in [-0.15, -0.1) is 0 Å². The van der Waals surface area contributed by atoms with Gasteiger partial charge in [-0.3, -0.25) is 4.79 Å². The van der Waals surface area contributed by atoms with Crippen LogP contribution in [-0.4, -0.2) is 11.3 Å². The van der Waals surface area contributed by atoms with Crippen molar-refractivity contribution in [3.63, 3.8) is 0 Å². The summed E-state index contributed by atoms with van der Waals surface area (Å²) in [6.07, 6.45) is 2.44. The number of aromatic amines is 1. The van der Waals surface area contributed by atoms with Crippen molar-refractivity contribution in [3.8, 4) is 17.9 Å². The zero-order valence-electron chi connectivity index (χ0n) is 7.74. The summed E-state index contributed by atoms with van der Waals surface area (Å²) >= 11 is 0. The van der Waals surface area contributed by atoms with Gasteiger partial charge in [-0.2, -0.15) is 5.26 Å². The number of carbonyl (C=O) groups excluding carboxylic acids is 1. The first-order chi connectivity index (χ1) is 7.35. The maximum absolute atomic E-state index is 10.7. The molecule has 0 radical (unpaired) electrons. The summed E-state index contributed by atoms with van der Waals surface area (Å²) in [5, 5.41) is 9.14. The maximum Gasteiger partial charge on any atom is 0.152 e. The number of carbonyl (C=O) groups is 1. The van der Waals surface area contributed by atoms with Crippen molar-refractivity contribution in [2.75, 3.05) is 0 Å². The van der Waals surface area contributed by atoms with Crippen molar-refractivity contribution in [3.05, 3.63) is 35.5 Å². The molecule has 0 bridgehead atoms. The average Bonchev–Trinajstić information content (AvgIpc) is 2.68. The van der Waals surface area contributed by atoms with Crippen molar-refractivity contribution in [2.24, 2.45) is 0 Å². The number of aromatic nitrogens is 1. The Kier molecular flexibility index (Phi) is 2.23. The van der Waals surface area contributed by atoms with Crippen molar-refractivity contribution >= 4 is 17.2 Å². The van der Waals surface area contributed by atoms with Gasteiger partial charge in [0, 0.05) is 34.1 Å². The number of nitrogens with one attached hydrogen (secondary N) is 1. The predicted octanol–water partition coefficient (Wildman–Crippen LogP) is 1.86. The molecule has 0 aliphatic carbocycles. The Labute approximate surface area is 86.3 Å². The molecule has 70 valence electrons. The number of H-pyrrole nitrogens is 1. The normalized spacial score (nSPS) is 9.00. The topological polar surface area (TPSA) is 56.6 Å². The highest BCUT2D eigenvalue weighted by atomic mass is 16.1. The predicted molar refractivity (Wildman–Crippen MR) is 56.2 cm³/mol. The molecule has 0 spiro atoms. The minimum atomic E-state index is 0.602. The molecule has 0 fully saturated rings. The first kappa shape index (κ1) is 9.05. The van der Waals surface area contributed by atoms with E-state index in [0.29, 0.717) is 5.56 Å². The van der Waals surface area contributed by atoms with Gasteiger partial charge in [-0.1, -0.05) is 5.92 Å². The highest BCUT2D eigenvalue weighted by Crippen LogP contribution is 2.17. The van der Waals surface area contributed by atoms with Crippen molar-refractivity contribution < 1.29 is 4.79 Å².